The van der Waals surface area contributed by atoms with E-state index in [2.05, 4.69) is 10.3 Å². The molecule has 1 aromatic heterocycles. The van der Waals surface area contributed by atoms with Crippen molar-refractivity contribution in [1.29, 1.82) is 0 Å². The first-order valence-corrected chi connectivity index (χ1v) is 8.04. The average molecular weight is 317 g/mol. The maximum absolute atomic E-state index is 11.0. The number of nitrogens with one attached hydrogen (secondary N) is 1. The topological polar surface area (TPSA) is 80.8 Å². The van der Waals surface area contributed by atoms with Crippen LogP contribution in [0.2, 0.25) is 0 Å². The summed E-state index contributed by atoms with van der Waals surface area (Å²) in [6.07, 6.45) is 2.31. The molecule has 0 aromatic carbocycles. The van der Waals surface area contributed by atoms with E-state index < -0.39 is 10.1 Å². The van der Waals surface area contributed by atoms with Crippen LogP contribution in [-0.4, -0.2) is 56.0 Å². The number of nitrogens with zero attached hydrogens (tertiary/aromatic N) is 2. The summed E-state index contributed by atoms with van der Waals surface area (Å²) in [6.45, 7) is 0.894. The lowest BCUT2D eigenvalue weighted by molar-refractivity contribution is 0.0761. The number of pyridine rings is 1. The van der Waals surface area contributed by atoms with Crippen molar-refractivity contribution in [1.82, 2.24) is 9.88 Å². The molecular formula is C11H15N3O4S2. The number of hydrogen-bond acceptors (Lipinski definition) is 6. The molecule has 0 bridgehead atoms. The zero-order valence-electron chi connectivity index (χ0n) is 11.1. The zero-order chi connectivity index (χ0) is 14.8. The fraction of sp³-hybridized carbons (Fsp3) is 0.455. The van der Waals surface area contributed by atoms with Crippen LogP contribution in [0.5, 0.6) is 5.88 Å². The number of hydrogen-bond donors (Lipinski definition) is 1. The summed E-state index contributed by atoms with van der Waals surface area (Å²) in [5.41, 5.74) is 0.739. The molecule has 1 N–H and O–H groups in total. The van der Waals surface area contributed by atoms with Gasteiger partial charge in [-0.25, -0.2) is 4.98 Å². The fourth-order valence-electron chi connectivity index (χ4n) is 1.69. The third kappa shape index (κ3) is 4.02. The van der Waals surface area contributed by atoms with Gasteiger partial charge in [-0.3, -0.25) is 4.18 Å². The van der Waals surface area contributed by atoms with Gasteiger partial charge < -0.3 is 15.0 Å². The van der Waals surface area contributed by atoms with Crippen LogP contribution in [0.1, 0.15) is 0 Å². The summed E-state index contributed by atoms with van der Waals surface area (Å²) in [5.74, 6) is 0.520. The molecule has 2 rings (SSSR count). The van der Waals surface area contributed by atoms with Crippen molar-refractivity contribution in [3.05, 3.63) is 18.3 Å². The number of thiocarbonyl (C=S) groups is 1. The smallest absolute Gasteiger partial charge is 0.264 e. The molecule has 1 fully saturated rings. The van der Waals surface area contributed by atoms with Gasteiger partial charge >= 0.3 is 0 Å². The van der Waals surface area contributed by atoms with Crippen molar-refractivity contribution < 1.29 is 17.3 Å². The highest BCUT2D eigenvalue weighted by molar-refractivity contribution is 7.86. The van der Waals surface area contributed by atoms with Crippen molar-refractivity contribution in [3.63, 3.8) is 0 Å². The Kier molecular flexibility index (Phi) is 4.41. The summed E-state index contributed by atoms with van der Waals surface area (Å²) in [5, 5.41) is 3.52. The standard InChI is InChI=1S/C11H15N3O4S2/c1-17-10-4-3-8(5-12-10)13-11(19)14-6-9(7-14)18-20(2,15)16/h3-5,9H,6-7H2,1-2H3,(H,13,19). The maximum Gasteiger partial charge on any atom is 0.264 e. The summed E-state index contributed by atoms with van der Waals surface area (Å²) in [4.78, 5) is 5.86. The van der Waals surface area contributed by atoms with Gasteiger partial charge in [0.25, 0.3) is 10.1 Å². The van der Waals surface area contributed by atoms with Crippen molar-refractivity contribution in [2.75, 3.05) is 31.8 Å². The van der Waals surface area contributed by atoms with Crippen molar-refractivity contribution >= 4 is 33.1 Å². The van der Waals surface area contributed by atoms with Gasteiger partial charge in [0.2, 0.25) is 5.88 Å². The van der Waals surface area contributed by atoms with E-state index in [4.69, 9.17) is 21.1 Å². The third-order valence-corrected chi connectivity index (χ3v) is 3.62. The molecule has 1 aliphatic rings. The maximum atomic E-state index is 11.0. The highest BCUT2D eigenvalue weighted by Crippen LogP contribution is 2.17. The van der Waals surface area contributed by atoms with E-state index in [0.29, 0.717) is 24.1 Å². The minimum Gasteiger partial charge on any atom is -0.481 e. The molecule has 0 amide bonds. The van der Waals surface area contributed by atoms with Crippen LogP contribution in [-0.2, 0) is 14.3 Å². The minimum atomic E-state index is -3.41. The molecule has 1 aliphatic heterocycles. The highest BCUT2D eigenvalue weighted by Gasteiger charge is 2.32. The van der Waals surface area contributed by atoms with Crippen LogP contribution in [0.25, 0.3) is 0 Å². The summed E-state index contributed by atoms with van der Waals surface area (Å²) < 4.78 is 31.7. The lowest BCUT2D eigenvalue weighted by Gasteiger charge is -2.39. The molecule has 2 heterocycles. The zero-order valence-corrected chi connectivity index (χ0v) is 12.7. The fourth-order valence-corrected chi connectivity index (χ4v) is 2.57. The number of methoxy groups -OCH3 is 1. The van der Waals surface area contributed by atoms with Crippen molar-refractivity contribution in [2.24, 2.45) is 0 Å². The summed E-state index contributed by atoms with van der Waals surface area (Å²) in [6, 6.07) is 3.51. The van der Waals surface area contributed by atoms with Crippen molar-refractivity contribution in [3.8, 4) is 5.88 Å². The number of ether oxygens (including phenoxy) is 1. The number of rotatable bonds is 4. The normalized spacial score (nSPS) is 15.6. The Morgan fingerprint density at radius 1 is 1.50 bits per heavy atom. The van der Waals surface area contributed by atoms with Crippen LogP contribution in [0, 0.1) is 0 Å². The number of anilines is 1. The molecular weight excluding hydrogens is 302 g/mol. The molecule has 0 aliphatic carbocycles. The van der Waals surface area contributed by atoms with E-state index in [9.17, 15) is 8.42 Å². The Labute approximate surface area is 123 Å². The third-order valence-electron chi connectivity index (χ3n) is 2.64. The molecule has 9 heteroatoms. The molecule has 0 unspecified atom stereocenters. The molecule has 0 spiro atoms. The van der Waals surface area contributed by atoms with Gasteiger partial charge in [0.1, 0.15) is 6.10 Å². The van der Waals surface area contributed by atoms with Crippen LogP contribution in [0.15, 0.2) is 18.3 Å². The lowest BCUT2D eigenvalue weighted by Crippen LogP contribution is -2.56. The lowest BCUT2D eigenvalue weighted by atomic mass is 10.2. The largest absolute Gasteiger partial charge is 0.481 e. The molecule has 110 valence electrons. The molecule has 7 nitrogen and oxygen atoms in total. The Hall–Kier alpha value is -1.45. The predicted molar refractivity (Wildman–Crippen MR) is 78.3 cm³/mol. The first-order valence-electron chi connectivity index (χ1n) is 5.81. The molecule has 1 aromatic rings. The monoisotopic (exact) mass is 317 g/mol. The highest BCUT2D eigenvalue weighted by atomic mass is 32.2. The minimum absolute atomic E-state index is 0.334. The summed E-state index contributed by atoms with van der Waals surface area (Å²) in [7, 11) is -1.87. The van der Waals surface area contributed by atoms with E-state index in [1.54, 1.807) is 25.4 Å². The van der Waals surface area contributed by atoms with E-state index in [-0.39, 0.29) is 6.10 Å². The van der Waals surface area contributed by atoms with E-state index in [0.717, 1.165) is 11.9 Å². The average Bonchev–Trinajstić information content (AvgIpc) is 2.33. The molecule has 0 saturated carbocycles. The van der Waals surface area contributed by atoms with Crippen molar-refractivity contribution in [2.45, 2.75) is 6.10 Å². The predicted octanol–water partition coefficient (Wildman–Crippen LogP) is 0.447. The molecule has 0 atom stereocenters. The second-order valence-corrected chi connectivity index (χ2v) is 6.33. The van der Waals surface area contributed by atoms with Crippen LogP contribution in [0.4, 0.5) is 5.69 Å². The Morgan fingerprint density at radius 3 is 2.70 bits per heavy atom. The first kappa shape index (κ1) is 14.9. The van der Waals surface area contributed by atoms with Gasteiger partial charge in [-0.2, -0.15) is 8.42 Å². The van der Waals surface area contributed by atoms with Gasteiger partial charge in [-0.1, -0.05) is 0 Å². The second kappa shape index (κ2) is 5.90. The van der Waals surface area contributed by atoms with Crippen LogP contribution in [0.3, 0.4) is 0 Å². The van der Waals surface area contributed by atoms with Crippen LogP contribution >= 0.6 is 12.2 Å². The SMILES string of the molecule is COc1ccc(NC(=S)N2CC(OS(C)(=O)=O)C2)cn1. The quantitative estimate of drug-likeness (QED) is 0.633. The molecule has 0 radical (unpaired) electrons. The van der Waals surface area contributed by atoms with E-state index >= 15 is 0 Å². The van der Waals surface area contributed by atoms with E-state index in [1.165, 1.54) is 0 Å². The van der Waals surface area contributed by atoms with Gasteiger partial charge in [0, 0.05) is 19.2 Å². The van der Waals surface area contributed by atoms with Gasteiger partial charge in [-0.15, -0.1) is 0 Å². The molecule has 1 saturated heterocycles. The van der Waals surface area contributed by atoms with Crippen LogP contribution < -0.4 is 10.1 Å². The number of likely N-dealkylation sites (tertiary alicyclic amines) is 1. The van der Waals surface area contributed by atoms with Gasteiger partial charge in [0.05, 0.1) is 25.2 Å². The Bertz CT molecular complexity index is 582. The van der Waals surface area contributed by atoms with E-state index in [1.807, 2.05) is 4.90 Å². The second-order valence-electron chi connectivity index (χ2n) is 4.35. The first-order chi connectivity index (χ1) is 9.37. The Morgan fingerprint density at radius 2 is 2.20 bits per heavy atom. The molecule has 20 heavy (non-hydrogen) atoms. The Balaban J connectivity index is 1.82. The number of aromatic nitrogens is 1. The summed E-state index contributed by atoms with van der Waals surface area (Å²) >= 11 is 5.22. The van der Waals surface area contributed by atoms with Gasteiger partial charge in [-0.05, 0) is 18.3 Å². The van der Waals surface area contributed by atoms with Gasteiger partial charge in [0.15, 0.2) is 5.11 Å².